The molecule has 0 saturated carbocycles. The molecule has 7 nitrogen and oxygen atoms in total. The number of hydrogen-bond donors (Lipinski definition) is 3. The van der Waals surface area contributed by atoms with Crippen molar-refractivity contribution in [2.24, 2.45) is 0 Å². The summed E-state index contributed by atoms with van der Waals surface area (Å²) >= 11 is 12.1. The molecular weight excluding hydrogens is 424 g/mol. The molecule has 0 aliphatic heterocycles. The van der Waals surface area contributed by atoms with E-state index in [-0.39, 0.29) is 21.4 Å². The number of nitrogens with zero attached hydrogens (tertiary/aromatic N) is 1. The van der Waals surface area contributed by atoms with Gasteiger partial charge in [0.1, 0.15) is 11.5 Å². The Hall–Kier alpha value is -3.10. The van der Waals surface area contributed by atoms with E-state index < -0.39 is 35.7 Å². The zero-order valence-corrected chi connectivity index (χ0v) is 16.2. The average Bonchev–Trinajstić information content (AvgIpc) is 3.05. The zero-order valence-electron chi connectivity index (χ0n) is 14.7. The Morgan fingerprint density at radius 1 is 1.17 bits per heavy atom. The SMILES string of the molecule is O=C(O)CC(NC(=O)c1cc(=O)n(-c2cccc(F)c2)[nH]1)c1cccc(Cl)c1Cl. The van der Waals surface area contributed by atoms with E-state index in [0.717, 1.165) is 16.8 Å². The van der Waals surface area contributed by atoms with Crippen molar-refractivity contribution in [2.75, 3.05) is 0 Å². The van der Waals surface area contributed by atoms with Crippen LogP contribution in [0, 0.1) is 5.82 Å². The summed E-state index contributed by atoms with van der Waals surface area (Å²) in [6.07, 6.45) is -0.458. The van der Waals surface area contributed by atoms with Crippen molar-refractivity contribution in [1.29, 1.82) is 0 Å². The van der Waals surface area contributed by atoms with Crippen molar-refractivity contribution in [3.63, 3.8) is 0 Å². The summed E-state index contributed by atoms with van der Waals surface area (Å²) in [5.41, 5.74) is -0.194. The number of nitrogens with one attached hydrogen (secondary N) is 2. The lowest BCUT2D eigenvalue weighted by Gasteiger charge is -2.18. The van der Waals surface area contributed by atoms with E-state index >= 15 is 0 Å². The molecule has 1 heterocycles. The molecule has 1 amide bonds. The summed E-state index contributed by atoms with van der Waals surface area (Å²) in [6, 6.07) is 9.93. The lowest BCUT2D eigenvalue weighted by atomic mass is 10.0. The second-order valence-corrected chi connectivity index (χ2v) is 6.88. The van der Waals surface area contributed by atoms with Crippen LogP contribution in [-0.4, -0.2) is 26.8 Å². The van der Waals surface area contributed by atoms with Gasteiger partial charge in [-0.15, -0.1) is 0 Å². The van der Waals surface area contributed by atoms with Gasteiger partial charge in [0, 0.05) is 6.07 Å². The van der Waals surface area contributed by atoms with Crippen LogP contribution in [0.3, 0.4) is 0 Å². The maximum Gasteiger partial charge on any atom is 0.305 e. The average molecular weight is 438 g/mol. The third-order valence-electron chi connectivity index (χ3n) is 4.07. The number of carbonyl (C=O) groups excluding carboxylic acids is 1. The number of H-pyrrole nitrogens is 1. The summed E-state index contributed by atoms with van der Waals surface area (Å²) in [5.74, 6) is -2.45. The summed E-state index contributed by atoms with van der Waals surface area (Å²) < 4.78 is 14.4. The first-order valence-electron chi connectivity index (χ1n) is 8.31. The van der Waals surface area contributed by atoms with Crippen LogP contribution in [0.25, 0.3) is 5.69 Å². The van der Waals surface area contributed by atoms with Crippen molar-refractivity contribution in [3.8, 4) is 5.69 Å². The Bertz CT molecular complexity index is 1140. The molecule has 2 aromatic carbocycles. The minimum absolute atomic E-state index is 0.117. The quantitative estimate of drug-likeness (QED) is 0.548. The van der Waals surface area contributed by atoms with Gasteiger partial charge < -0.3 is 10.4 Å². The Labute approximate surface area is 173 Å². The van der Waals surface area contributed by atoms with Gasteiger partial charge in [-0.05, 0) is 29.8 Å². The Kier molecular flexibility index (Phi) is 6.05. The van der Waals surface area contributed by atoms with Gasteiger partial charge >= 0.3 is 5.97 Å². The van der Waals surface area contributed by atoms with Gasteiger partial charge in [-0.25, -0.2) is 9.07 Å². The third-order valence-corrected chi connectivity index (χ3v) is 4.91. The van der Waals surface area contributed by atoms with E-state index in [1.807, 2.05) is 0 Å². The fraction of sp³-hybridized carbons (Fsp3) is 0.105. The minimum Gasteiger partial charge on any atom is -0.481 e. The van der Waals surface area contributed by atoms with Gasteiger partial charge in [0.25, 0.3) is 11.5 Å². The summed E-state index contributed by atoms with van der Waals surface area (Å²) in [6.45, 7) is 0. The third kappa shape index (κ3) is 4.67. The lowest BCUT2D eigenvalue weighted by Crippen LogP contribution is -2.30. The smallest absolute Gasteiger partial charge is 0.305 e. The number of rotatable bonds is 6. The molecule has 3 rings (SSSR count). The molecule has 1 unspecified atom stereocenters. The number of aromatic nitrogens is 2. The Morgan fingerprint density at radius 2 is 1.90 bits per heavy atom. The Morgan fingerprint density at radius 3 is 2.59 bits per heavy atom. The molecular formula is C19H14Cl2FN3O4. The van der Waals surface area contributed by atoms with E-state index in [4.69, 9.17) is 23.2 Å². The largest absolute Gasteiger partial charge is 0.481 e. The van der Waals surface area contributed by atoms with Crippen molar-refractivity contribution in [3.05, 3.63) is 86.0 Å². The van der Waals surface area contributed by atoms with Gasteiger partial charge in [0.05, 0.1) is 28.2 Å². The number of carbonyl (C=O) groups is 2. The first kappa shape index (κ1) is 20.6. The van der Waals surface area contributed by atoms with E-state index in [0.29, 0.717) is 5.56 Å². The van der Waals surface area contributed by atoms with Crippen LogP contribution < -0.4 is 10.9 Å². The summed E-state index contributed by atoms with van der Waals surface area (Å²) in [4.78, 5) is 36.1. The van der Waals surface area contributed by atoms with E-state index in [1.165, 1.54) is 24.3 Å². The van der Waals surface area contributed by atoms with Crippen LogP contribution >= 0.6 is 23.2 Å². The van der Waals surface area contributed by atoms with Crippen LogP contribution in [-0.2, 0) is 4.79 Å². The number of benzene rings is 2. The van der Waals surface area contributed by atoms with Gasteiger partial charge in [0.2, 0.25) is 0 Å². The van der Waals surface area contributed by atoms with Crippen molar-refractivity contribution >= 4 is 35.1 Å². The number of halogens is 3. The zero-order chi connectivity index (χ0) is 21.1. The number of carboxylic acid groups (broad SMARTS) is 1. The molecule has 0 saturated heterocycles. The van der Waals surface area contributed by atoms with Gasteiger partial charge in [0.15, 0.2) is 0 Å². The first-order chi connectivity index (χ1) is 13.8. The molecule has 150 valence electrons. The van der Waals surface area contributed by atoms with E-state index in [9.17, 15) is 23.9 Å². The highest BCUT2D eigenvalue weighted by Gasteiger charge is 2.23. The predicted molar refractivity (Wildman–Crippen MR) is 105 cm³/mol. The van der Waals surface area contributed by atoms with Crippen molar-refractivity contribution < 1.29 is 19.1 Å². The molecule has 1 atom stereocenters. The lowest BCUT2D eigenvalue weighted by molar-refractivity contribution is -0.137. The maximum absolute atomic E-state index is 13.4. The van der Waals surface area contributed by atoms with E-state index in [2.05, 4.69) is 10.4 Å². The molecule has 0 aliphatic carbocycles. The second kappa shape index (κ2) is 8.50. The molecule has 0 aliphatic rings. The van der Waals surface area contributed by atoms with Crippen LogP contribution in [0.5, 0.6) is 0 Å². The van der Waals surface area contributed by atoms with Crippen molar-refractivity contribution in [2.45, 2.75) is 12.5 Å². The van der Waals surface area contributed by atoms with Gasteiger partial charge in [-0.3, -0.25) is 19.5 Å². The van der Waals surface area contributed by atoms with Crippen molar-refractivity contribution in [1.82, 2.24) is 15.1 Å². The highest BCUT2D eigenvalue weighted by molar-refractivity contribution is 6.42. The van der Waals surface area contributed by atoms with Gasteiger partial charge in [-0.1, -0.05) is 41.4 Å². The maximum atomic E-state index is 13.4. The fourth-order valence-electron chi connectivity index (χ4n) is 2.76. The fourth-order valence-corrected chi connectivity index (χ4v) is 3.20. The molecule has 0 fully saturated rings. The van der Waals surface area contributed by atoms with Crippen LogP contribution in [0.2, 0.25) is 10.0 Å². The summed E-state index contributed by atoms with van der Waals surface area (Å²) in [5, 5.41) is 14.6. The van der Waals surface area contributed by atoms with Crippen LogP contribution in [0.15, 0.2) is 53.3 Å². The highest BCUT2D eigenvalue weighted by Crippen LogP contribution is 2.31. The molecule has 3 aromatic rings. The number of carboxylic acids is 1. The van der Waals surface area contributed by atoms with Crippen LogP contribution in [0.1, 0.15) is 28.5 Å². The molecule has 0 spiro atoms. The highest BCUT2D eigenvalue weighted by atomic mass is 35.5. The van der Waals surface area contributed by atoms with Crippen LogP contribution in [0.4, 0.5) is 4.39 Å². The summed E-state index contributed by atoms with van der Waals surface area (Å²) in [7, 11) is 0. The first-order valence-corrected chi connectivity index (χ1v) is 9.06. The standard InChI is InChI=1S/C19H14Cl2FN3O4/c20-13-6-2-5-12(18(13)21)14(9-17(27)28)23-19(29)15-8-16(26)25(24-15)11-4-1-3-10(22)7-11/h1-8,14,24H,9H2,(H,23,29)(H,27,28). The molecule has 10 heteroatoms. The second-order valence-electron chi connectivity index (χ2n) is 6.09. The monoisotopic (exact) mass is 437 g/mol. The number of hydrogen-bond acceptors (Lipinski definition) is 3. The molecule has 3 N–H and O–H groups in total. The van der Waals surface area contributed by atoms with Gasteiger partial charge in [-0.2, -0.15) is 0 Å². The molecule has 0 bridgehead atoms. The molecule has 0 radical (unpaired) electrons. The van der Waals surface area contributed by atoms with E-state index in [1.54, 1.807) is 12.1 Å². The predicted octanol–water partition coefficient (Wildman–Crippen LogP) is 3.56. The Balaban J connectivity index is 1.91. The topological polar surface area (TPSA) is 104 Å². The molecule has 29 heavy (non-hydrogen) atoms. The number of aromatic amines is 1. The molecule has 1 aromatic heterocycles. The number of amides is 1. The minimum atomic E-state index is -1.17. The number of aliphatic carboxylic acids is 1. The normalized spacial score (nSPS) is 11.8.